The molecule has 3 nitrogen and oxygen atoms in total. The lowest BCUT2D eigenvalue weighted by molar-refractivity contribution is 0.415. The lowest BCUT2D eigenvalue weighted by Crippen LogP contribution is -2.24. The predicted octanol–water partition coefficient (Wildman–Crippen LogP) is 2.10. The van der Waals surface area contributed by atoms with Crippen molar-refractivity contribution in [1.29, 1.82) is 5.26 Å². The Morgan fingerprint density at radius 2 is 2.50 bits per heavy atom. The van der Waals surface area contributed by atoms with Crippen LogP contribution in [0.15, 0.2) is 23.1 Å². The van der Waals surface area contributed by atoms with Gasteiger partial charge in [-0.2, -0.15) is 5.26 Å². The molecule has 0 spiro atoms. The van der Waals surface area contributed by atoms with Crippen LogP contribution in [0.2, 0.25) is 0 Å². The number of para-hydroxylation sites is 1. The number of nitrogens with zero attached hydrogens (tertiary/aromatic N) is 1. The molecule has 1 aromatic rings. The van der Waals surface area contributed by atoms with Crippen LogP contribution in [0.3, 0.4) is 0 Å². The molecule has 4 heteroatoms. The average Bonchev–Trinajstić information content (AvgIpc) is 2.27. The summed E-state index contributed by atoms with van der Waals surface area (Å²) in [5, 5.41) is 12.0. The number of ether oxygens (including phenoxy) is 1. The molecular formula is C10H10N2OS. The molecule has 1 heterocycles. The fourth-order valence-corrected chi connectivity index (χ4v) is 2.38. The highest BCUT2D eigenvalue weighted by Gasteiger charge is 2.20. The highest BCUT2D eigenvalue weighted by Crippen LogP contribution is 2.39. The van der Waals surface area contributed by atoms with E-state index >= 15 is 0 Å². The van der Waals surface area contributed by atoms with Gasteiger partial charge < -0.3 is 10.1 Å². The number of hydrogen-bond acceptors (Lipinski definition) is 4. The summed E-state index contributed by atoms with van der Waals surface area (Å²) >= 11 is 1.69. The molecule has 14 heavy (non-hydrogen) atoms. The highest BCUT2D eigenvalue weighted by atomic mass is 32.2. The van der Waals surface area contributed by atoms with Gasteiger partial charge in [-0.25, -0.2) is 0 Å². The molecule has 0 saturated carbocycles. The maximum atomic E-state index is 8.81. The summed E-state index contributed by atoms with van der Waals surface area (Å²) in [5.41, 5.74) is 0.942. The van der Waals surface area contributed by atoms with Crippen LogP contribution in [0.5, 0.6) is 5.75 Å². The van der Waals surface area contributed by atoms with E-state index in [2.05, 4.69) is 11.4 Å². The predicted molar refractivity (Wildman–Crippen MR) is 56.7 cm³/mol. The lowest BCUT2D eigenvalue weighted by atomic mass is 10.2. The van der Waals surface area contributed by atoms with Crippen LogP contribution in [-0.4, -0.2) is 18.9 Å². The quantitative estimate of drug-likeness (QED) is 0.764. The Kier molecular flexibility index (Phi) is 2.51. The third kappa shape index (κ3) is 1.51. The maximum Gasteiger partial charge on any atom is 0.143 e. The first-order valence-electron chi connectivity index (χ1n) is 4.31. The Bertz CT molecular complexity index is 372. The molecule has 0 radical (unpaired) electrons. The first kappa shape index (κ1) is 9.22. The van der Waals surface area contributed by atoms with Crippen LogP contribution in [0, 0.1) is 11.3 Å². The van der Waals surface area contributed by atoms with Crippen LogP contribution in [0.25, 0.3) is 0 Å². The third-order valence-corrected chi connectivity index (χ3v) is 3.24. The first-order valence-corrected chi connectivity index (χ1v) is 5.29. The van der Waals surface area contributed by atoms with Crippen LogP contribution in [0.1, 0.15) is 0 Å². The van der Waals surface area contributed by atoms with Crippen LogP contribution in [-0.2, 0) is 0 Å². The molecule has 1 unspecified atom stereocenters. The van der Waals surface area contributed by atoms with Gasteiger partial charge in [0.2, 0.25) is 0 Å². The highest BCUT2D eigenvalue weighted by molar-refractivity contribution is 7.99. The van der Waals surface area contributed by atoms with Gasteiger partial charge in [-0.3, -0.25) is 0 Å². The number of thioether (sulfide) groups is 1. The number of nitrogens with one attached hydrogen (secondary N) is 1. The minimum Gasteiger partial charge on any atom is -0.495 e. The van der Waals surface area contributed by atoms with Crippen molar-refractivity contribution in [2.75, 3.05) is 18.2 Å². The van der Waals surface area contributed by atoms with Gasteiger partial charge >= 0.3 is 0 Å². The smallest absolute Gasteiger partial charge is 0.143 e. The van der Waals surface area contributed by atoms with Gasteiger partial charge in [0.1, 0.15) is 11.8 Å². The van der Waals surface area contributed by atoms with Gasteiger partial charge in [0, 0.05) is 10.6 Å². The number of anilines is 1. The van der Waals surface area contributed by atoms with E-state index in [-0.39, 0.29) is 6.04 Å². The van der Waals surface area contributed by atoms with E-state index in [9.17, 15) is 0 Å². The van der Waals surface area contributed by atoms with Gasteiger partial charge in [0.15, 0.2) is 0 Å². The fraction of sp³-hybridized carbons (Fsp3) is 0.300. The molecule has 1 aliphatic heterocycles. The number of benzene rings is 1. The first-order chi connectivity index (χ1) is 6.85. The summed E-state index contributed by atoms with van der Waals surface area (Å²) in [6, 6.07) is 7.97. The van der Waals surface area contributed by atoms with E-state index < -0.39 is 0 Å². The molecule has 0 aliphatic carbocycles. The van der Waals surface area contributed by atoms with E-state index in [4.69, 9.17) is 10.00 Å². The number of fused-ring (bicyclic) bond motifs is 1. The molecule has 1 aliphatic rings. The standard InChI is InChI=1S/C10H10N2OS/c1-13-8-3-2-4-9-10(8)12-7(5-11)6-14-9/h2-4,7,12H,6H2,1H3. The van der Waals surface area contributed by atoms with Crippen molar-refractivity contribution in [2.24, 2.45) is 0 Å². The van der Waals surface area contributed by atoms with E-state index in [0.717, 1.165) is 22.1 Å². The van der Waals surface area contributed by atoms with Crippen molar-refractivity contribution in [3.05, 3.63) is 18.2 Å². The topological polar surface area (TPSA) is 45.0 Å². The van der Waals surface area contributed by atoms with E-state index in [1.54, 1.807) is 18.9 Å². The van der Waals surface area contributed by atoms with Crippen molar-refractivity contribution in [3.63, 3.8) is 0 Å². The Labute approximate surface area is 87.1 Å². The number of rotatable bonds is 1. The zero-order valence-electron chi connectivity index (χ0n) is 7.78. The summed E-state index contributed by atoms with van der Waals surface area (Å²) < 4.78 is 5.22. The molecule has 0 aromatic heterocycles. The molecule has 2 rings (SSSR count). The molecule has 1 atom stereocenters. The van der Waals surface area contributed by atoms with Gasteiger partial charge in [0.25, 0.3) is 0 Å². The summed E-state index contributed by atoms with van der Waals surface area (Å²) in [6.45, 7) is 0. The van der Waals surface area contributed by atoms with E-state index in [1.807, 2.05) is 18.2 Å². The van der Waals surface area contributed by atoms with Crippen LogP contribution < -0.4 is 10.1 Å². The Balaban J connectivity index is 2.38. The molecular weight excluding hydrogens is 196 g/mol. The minimum atomic E-state index is -0.121. The number of hydrogen-bond donors (Lipinski definition) is 1. The molecule has 0 amide bonds. The van der Waals surface area contributed by atoms with Crippen molar-refractivity contribution < 1.29 is 4.74 Å². The summed E-state index contributed by atoms with van der Waals surface area (Å²) in [6.07, 6.45) is 0. The molecule has 1 N–H and O–H groups in total. The molecule has 1 aromatic carbocycles. The number of nitriles is 1. The zero-order valence-corrected chi connectivity index (χ0v) is 8.60. The van der Waals surface area contributed by atoms with Crippen molar-refractivity contribution in [2.45, 2.75) is 10.9 Å². The Morgan fingerprint density at radius 1 is 1.64 bits per heavy atom. The normalized spacial score (nSPS) is 19.0. The monoisotopic (exact) mass is 206 g/mol. The van der Waals surface area contributed by atoms with Crippen molar-refractivity contribution >= 4 is 17.4 Å². The third-order valence-electron chi connectivity index (χ3n) is 2.09. The van der Waals surface area contributed by atoms with Crippen LogP contribution in [0.4, 0.5) is 5.69 Å². The summed E-state index contributed by atoms with van der Waals surface area (Å²) in [4.78, 5) is 1.15. The molecule has 0 saturated heterocycles. The SMILES string of the molecule is COc1cccc2c1NC(C#N)CS2. The lowest BCUT2D eigenvalue weighted by Gasteiger charge is -2.23. The fourth-order valence-electron chi connectivity index (χ4n) is 1.40. The van der Waals surface area contributed by atoms with Gasteiger partial charge in [-0.1, -0.05) is 6.07 Å². The second-order valence-corrected chi connectivity index (χ2v) is 4.03. The van der Waals surface area contributed by atoms with Gasteiger partial charge in [-0.15, -0.1) is 11.8 Å². The van der Waals surface area contributed by atoms with Gasteiger partial charge in [0.05, 0.1) is 18.9 Å². The Hall–Kier alpha value is -1.34. The average molecular weight is 206 g/mol. The molecule has 72 valence electrons. The zero-order chi connectivity index (χ0) is 9.97. The maximum absolute atomic E-state index is 8.81. The second-order valence-electron chi connectivity index (χ2n) is 2.97. The van der Waals surface area contributed by atoms with E-state index in [1.165, 1.54) is 0 Å². The molecule has 0 fully saturated rings. The molecule has 0 bridgehead atoms. The second kappa shape index (κ2) is 3.81. The Morgan fingerprint density at radius 3 is 3.21 bits per heavy atom. The number of methoxy groups -OCH3 is 1. The van der Waals surface area contributed by atoms with Crippen LogP contribution >= 0.6 is 11.8 Å². The summed E-state index contributed by atoms with van der Waals surface area (Å²) in [5.74, 6) is 1.59. The minimum absolute atomic E-state index is 0.121. The van der Waals surface area contributed by atoms with Gasteiger partial charge in [-0.05, 0) is 12.1 Å². The van der Waals surface area contributed by atoms with Crippen molar-refractivity contribution in [3.8, 4) is 11.8 Å². The largest absolute Gasteiger partial charge is 0.495 e. The van der Waals surface area contributed by atoms with Crippen molar-refractivity contribution in [1.82, 2.24) is 0 Å². The summed E-state index contributed by atoms with van der Waals surface area (Å²) in [7, 11) is 1.64. The van der Waals surface area contributed by atoms with E-state index in [0.29, 0.717) is 0 Å².